The maximum atomic E-state index is 11.3. The van der Waals surface area contributed by atoms with Crippen molar-refractivity contribution in [2.24, 2.45) is 5.92 Å². The van der Waals surface area contributed by atoms with Gasteiger partial charge in [0.25, 0.3) is 0 Å². The molecule has 1 aromatic rings. The highest BCUT2D eigenvalue weighted by Gasteiger charge is 2.20. The number of rotatable bonds is 3. The molecule has 0 saturated carbocycles. The maximum Gasteiger partial charge on any atom is 0.315 e. The molecule has 4 nitrogen and oxygen atoms in total. The van der Waals surface area contributed by atoms with E-state index < -0.39 is 17.8 Å². The lowest BCUT2D eigenvalue weighted by atomic mass is 10.1. The summed E-state index contributed by atoms with van der Waals surface area (Å²) >= 11 is 0. The fourth-order valence-corrected chi connectivity index (χ4v) is 1.000. The van der Waals surface area contributed by atoms with Crippen LogP contribution in [-0.4, -0.2) is 17.0 Å². The fraction of sp³-hybridized carbons (Fsp3) is 0.273. The monoisotopic (exact) mass is 207 g/mol. The number of aryl methyl sites for hydroxylation is 1. The van der Waals surface area contributed by atoms with Gasteiger partial charge in [0, 0.05) is 5.69 Å². The van der Waals surface area contributed by atoms with Gasteiger partial charge in [-0.25, -0.2) is 0 Å². The van der Waals surface area contributed by atoms with Crippen LogP contribution in [0.1, 0.15) is 12.5 Å². The van der Waals surface area contributed by atoms with E-state index in [4.69, 9.17) is 5.11 Å². The van der Waals surface area contributed by atoms with Gasteiger partial charge >= 0.3 is 5.97 Å². The molecule has 1 aromatic carbocycles. The zero-order valence-electron chi connectivity index (χ0n) is 8.65. The number of carboxylic acids is 1. The van der Waals surface area contributed by atoms with Gasteiger partial charge in [-0.05, 0) is 26.0 Å². The van der Waals surface area contributed by atoms with Crippen LogP contribution < -0.4 is 5.32 Å². The Morgan fingerprint density at radius 1 is 1.27 bits per heavy atom. The summed E-state index contributed by atoms with van der Waals surface area (Å²) in [7, 11) is 0. The van der Waals surface area contributed by atoms with Gasteiger partial charge in [-0.2, -0.15) is 0 Å². The summed E-state index contributed by atoms with van der Waals surface area (Å²) < 4.78 is 0. The lowest BCUT2D eigenvalue weighted by Crippen LogP contribution is -2.26. The van der Waals surface area contributed by atoms with Crippen molar-refractivity contribution in [1.82, 2.24) is 0 Å². The Kier molecular flexibility index (Phi) is 3.44. The molecule has 0 saturated heterocycles. The third-order valence-electron chi connectivity index (χ3n) is 2.08. The van der Waals surface area contributed by atoms with E-state index >= 15 is 0 Å². The highest BCUT2D eigenvalue weighted by molar-refractivity contribution is 6.03. The first-order chi connectivity index (χ1) is 7.00. The molecule has 1 amide bonds. The summed E-state index contributed by atoms with van der Waals surface area (Å²) in [4.78, 5) is 21.9. The molecular formula is C11H13NO3. The molecule has 2 N–H and O–H groups in total. The van der Waals surface area contributed by atoms with Crippen LogP contribution in [0.25, 0.3) is 0 Å². The van der Waals surface area contributed by atoms with Crippen LogP contribution >= 0.6 is 0 Å². The van der Waals surface area contributed by atoms with Crippen molar-refractivity contribution >= 4 is 17.6 Å². The summed E-state index contributed by atoms with van der Waals surface area (Å²) in [6.07, 6.45) is 0. The summed E-state index contributed by atoms with van der Waals surface area (Å²) in [6, 6.07) is 7.17. The number of hydrogen-bond acceptors (Lipinski definition) is 2. The molecule has 0 radical (unpaired) electrons. The molecule has 80 valence electrons. The Balaban J connectivity index is 2.66. The molecule has 4 heteroatoms. The SMILES string of the molecule is Cc1ccc(NC(=O)C(C)C(=O)O)cc1. The minimum atomic E-state index is -1.13. The Hall–Kier alpha value is -1.84. The number of aliphatic carboxylic acids is 1. The highest BCUT2D eigenvalue weighted by atomic mass is 16.4. The quantitative estimate of drug-likeness (QED) is 0.740. The summed E-state index contributed by atoms with van der Waals surface area (Å²) in [5, 5.41) is 11.1. The average Bonchev–Trinajstić information content (AvgIpc) is 2.20. The van der Waals surface area contributed by atoms with Crippen molar-refractivity contribution in [2.75, 3.05) is 5.32 Å². The van der Waals surface area contributed by atoms with Crippen LogP contribution in [0.3, 0.4) is 0 Å². The molecular weight excluding hydrogens is 194 g/mol. The molecule has 0 aromatic heterocycles. The van der Waals surface area contributed by atoms with Crippen molar-refractivity contribution in [2.45, 2.75) is 13.8 Å². The van der Waals surface area contributed by atoms with E-state index in [9.17, 15) is 9.59 Å². The molecule has 0 bridgehead atoms. The first-order valence-corrected chi connectivity index (χ1v) is 4.61. The molecule has 1 rings (SSSR count). The zero-order chi connectivity index (χ0) is 11.4. The minimum Gasteiger partial charge on any atom is -0.481 e. The topological polar surface area (TPSA) is 66.4 Å². The van der Waals surface area contributed by atoms with Gasteiger partial charge in [-0.1, -0.05) is 17.7 Å². The van der Waals surface area contributed by atoms with Gasteiger partial charge < -0.3 is 10.4 Å². The number of anilines is 1. The third kappa shape index (κ3) is 3.09. The van der Waals surface area contributed by atoms with Crippen molar-refractivity contribution < 1.29 is 14.7 Å². The first-order valence-electron chi connectivity index (χ1n) is 4.61. The molecule has 0 aliphatic carbocycles. The minimum absolute atomic E-state index is 0.508. The Morgan fingerprint density at radius 3 is 2.27 bits per heavy atom. The van der Waals surface area contributed by atoms with Crippen molar-refractivity contribution in [3.63, 3.8) is 0 Å². The smallest absolute Gasteiger partial charge is 0.315 e. The number of nitrogens with one attached hydrogen (secondary N) is 1. The van der Waals surface area contributed by atoms with Gasteiger partial charge in [0.05, 0.1) is 0 Å². The number of carbonyl (C=O) groups is 2. The number of amides is 1. The molecule has 0 aliphatic rings. The van der Waals surface area contributed by atoms with Crippen molar-refractivity contribution in [1.29, 1.82) is 0 Å². The van der Waals surface area contributed by atoms with Crippen molar-refractivity contribution in [3.8, 4) is 0 Å². The van der Waals surface area contributed by atoms with Gasteiger partial charge in [-0.15, -0.1) is 0 Å². The molecule has 0 aliphatic heterocycles. The molecule has 0 fully saturated rings. The van der Waals surface area contributed by atoms with Crippen LogP contribution in [-0.2, 0) is 9.59 Å². The van der Waals surface area contributed by atoms with Gasteiger partial charge in [0.2, 0.25) is 5.91 Å². The normalized spacial score (nSPS) is 11.9. The largest absolute Gasteiger partial charge is 0.481 e. The highest BCUT2D eigenvalue weighted by Crippen LogP contribution is 2.10. The zero-order valence-corrected chi connectivity index (χ0v) is 8.65. The summed E-state index contributed by atoms with van der Waals surface area (Å²) in [5.74, 6) is -2.67. The van der Waals surface area contributed by atoms with Crippen LogP contribution in [0, 0.1) is 12.8 Å². The Bertz CT molecular complexity index is 370. The molecule has 1 atom stereocenters. The number of carboxylic acid groups (broad SMARTS) is 1. The van der Waals surface area contributed by atoms with Gasteiger partial charge in [-0.3, -0.25) is 9.59 Å². The summed E-state index contributed by atoms with van der Waals surface area (Å²) in [5.41, 5.74) is 1.69. The lowest BCUT2D eigenvalue weighted by molar-refractivity contribution is -0.144. The number of carbonyl (C=O) groups excluding carboxylic acids is 1. The average molecular weight is 207 g/mol. The second-order valence-electron chi connectivity index (χ2n) is 3.42. The molecule has 0 heterocycles. The van der Waals surface area contributed by atoms with E-state index in [1.54, 1.807) is 12.1 Å². The van der Waals surface area contributed by atoms with Crippen LogP contribution in [0.5, 0.6) is 0 Å². The first kappa shape index (κ1) is 11.2. The fourth-order valence-electron chi connectivity index (χ4n) is 1.000. The number of benzene rings is 1. The third-order valence-corrected chi connectivity index (χ3v) is 2.08. The van der Waals surface area contributed by atoms with Gasteiger partial charge in [0.15, 0.2) is 0 Å². The van der Waals surface area contributed by atoms with Crippen LogP contribution in [0.4, 0.5) is 5.69 Å². The lowest BCUT2D eigenvalue weighted by Gasteiger charge is -2.08. The number of hydrogen-bond donors (Lipinski definition) is 2. The molecule has 0 spiro atoms. The van der Waals surface area contributed by atoms with E-state index in [-0.39, 0.29) is 0 Å². The van der Waals surface area contributed by atoms with E-state index in [0.717, 1.165) is 5.56 Å². The predicted octanol–water partition coefficient (Wildman–Crippen LogP) is 1.65. The van der Waals surface area contributed by atoms with E-state index in [1.165, 1.54) is 6.92 Å². The summed E-state index contributed by atoms with van der Waals surface area (Å²) in [6.45, 7) is 3.29. The Labute approximate surface area is 87.9 Å². The second kappa shape index (κ2) is 4.59. The second-order valence-corrected chi connectivity index (χ2v) is 3.42. The predicted molar refractivity (Wildman–Crippen MR) is 56.6 cm³/mol. The van der Waals surface area contributed by atoms with Crippen molar-refractivity contribution in [3.05, 3.63) is 29.8 Å². The standard InChI is InChI=1S/C11H13NO3/c1-7-3-5-9(6-4-7)12-10(13)8(2)11(14)15/h3-6,8H,1-2H3,(H,12,13)(H,14,15). The van der Waals surface area contributed by atoms with E-state index in [1.807, 2.05) is 19.1 Å². The van der Waals surface area contributed by atoms with E-state index in [2.05, 4.69) is 5.32 Å². The molecule has 1 unspecified atom stereocenters. The van der Waals surface area contributed by atoms with Gasteiger partial charge in [0.1, 0.15) is 5.92 Å². The van der Waals surface area contributed by atoms with E-state index in [0.29, 0.717) is 5.69 Å². The van der Waals surface area contributed by atoms with Crippen LogP contribution in [0.2, 0.25) is 0 Å². The maximum absolute atomic E-state index is 11.3. The Morgan fingerprint density at radius 2 is 1.80 bits per heavy atom. The molecule has 15 heavy (non-hydrogen) atoms. The van der Waals surface area contributed by atoms with Crippen LogP contribution in [0.15, 0.2) is 24.3 Å².